The number of nitrogens with zero attached hydrogens (tertiary/aromatic N) is 4. The standard InChI is InChI=1S/C20H20N4O2S/c25-19-10-13-3-1-5-16(13)22-24(19)11-15-4-2-8-23(15)20(26)14-6-7-17-18(9-14)27-12-21-17/h6-7,9-10,12,15H,1-5,8,11H2. The van der Waals surface area contributed by atoms with Gasteiger partial charge in [-0.3, -0.25) is 9.59 Å². The molecule has 7 heteroatoms. The second kappa shape index (κ2) is 6.56. The Kier molecular flexibility index (Phi) is 4.04. The first-order valence-electron chi connectivity index (χ1n) is 9.43. The third-order valence-corrected chi connectivity index (χ3v) is 6.42. The van der Waals surface area contributed by atoms with Crippen LogP contribution < -0.4 is 5.56 Å². The lowest BCUT2D eigenvalue weighted by atomic mass is 10.1. The maximum absolute atomic E-state index is 13.1. The van der Waals surface area contributed by atoms with Gasteiger partial charge >= 0.3 is 0 Å². The van der Waals surface area contributed by atoms with Gasteiger partial charge in [-0.15, -0.1) is 11.3 Å². The van der Waals surface area contributed by atoms with E-state index >= 15 is 0 Å². The second-order valence-corrected chi connectivity index (χ2v) is 8.21. The molecule has 2 aromatic heterocycles. The largest absolute Gasteiger partial charge is 0.334 e. The van der Waals surface area contributed by atoms with Crippen molar-refractivity contribution < 1.29 is 4.79 Å². The summed E-state index contributed by atoms with van der Waals surface area (Å²) in [7, 11) is 0. The van der Waals surface area contributed by atoms with Gasteiger partial charge in [0.05, 0.1) is 34.0 Å². The highest BCUT2D eigenvalue weighted by Crippen LogP contribution is 2.25. The molecule has 6 nitrogen and oxygen atoms in total. The average Bonchev–Trinajstić information content (AvgIpc) is 3.41. The summed E-state index contributed by atoms with van der Waals surface area (Å²) in [4.78, 5) is 31.7. The molecule has 1 atom stereocenters. The molecule has 0 N–H and O–H groups in total. The van der Waals surface area contributed by atoms with Crippen molar-refractivity contribution in [2.45, 2.75) is 44.7 Å². The highest BCUT2D eigenvalue weighted by atomic mass is 32.1. The highest BCUT2D eigenvalue weighted by Gasteiger charge is 2.30. The van der Waals surface area contributed by atoms with Crippen LogP contribution in [0.5, 0.6) is 0 Å². The molecule has 0 spiro atoms. The maximum Gasteiger partial charge on any atom is 0.267 e. The van der Waals surface area contributed by atoms with Crippen LogP contribution in [0.25, 0.3) is 10.2 Å². The van der Waals surface area contributed by atoms with Crippen LogP contribution in [-0.4, -0.2) is 38.2 Å². The Labute approximate surface area is 160 Å². The average molecular weight is 380 g/mol. The number of hydrogen-bond donors (Lipinski definition) is 0. The zero-order valence-electron chi connectivity index (χ0n) is 14.9. The summed E-state index contributed by atoms with van der Waals surface area (Å²) in [6, 6.07) is 7.41. The molecular weight excluding hydrogens is 360 g/mol. The molecule has 0 radical (unpaired) electrons. The van der Waals surface area contributed by atoms with Crippen LogP contribution in [0.15, 0.2) is 34.6 Å². The molecule has 2 aliphatic rings. The Morgan fingerprint density at radius 3 is 3.07 bits per heavy atom. The summed E-state index contributed by atoms with van der Waals surface area (Å²) in [5, 5.41) is 4.58. The first-order valence-corrected chi connectivity index (χ1v) is 10.3. The topological polar surface area (TPSA) is 68.1 Å². The van der Waals surface area contributed by atoms with Crippen LogP contribution in [0.4, 0.5) is 0 Å². The summed E-state index contributed by atoms with van der Waals surface area (Å²) in [6.45, 7) is 1.20. The van der Waals surface area contributed by atoms with Crippen molar-refractivity contribution in [1.29, 1.82) is 0 Å². The van der Waals surface area contributed by atoms with E-state index in [2.05, 4.69) is 10.1 Å². The van der Waals surface area contributed by atoms with Gasteiger partial charge in [-0.1, -0.05) is 0 Å². The number of fused-ring (bicyclic) bond motifs is 2. The zero-order valence-corrected chi connectivity index (χ0v) is 15.7. The minimum atomic E-state index is -0.0546. The SMILES string of the molecule is O=C(c1ccc2ncsc2c1)N1CCCC1Cn1nc2c(cc1=O)CCC2. The number of carbonyl (C=O) groups is 1. The van der Waals surface area contributed by atoms with Crippen molar-refractivity contribution in [1.82, 2.24) is 19.7 Å². The Hall–Kier alpha value is -2.54. The summed E-state index contributed by atoms with van der Waals surface area (Å²) in [6.07, 6.45) is 4.82. The fourth-order valence-electron chi connectivity index (χ4n) is 4.22. The number of thiazole rings is 1. The smallest absolute Gasteiger partial charge is 0.267 e. The van der Waals surface area contributed by atoms with Crippen molar-refractivity contribution in [3.05, 3.63) is 57.0 Å². The number of aromatic nitrogens is 3. The number of benzene rings is 1. The fourth-order valence-corrected chi connectivity index (χ4v) is 4.93. The van der Waals surface area contributed by atoms with E-state index in [1.54, 1.807) is 27.6 Å². The van der Waals surface area contributed by atoms with Crippen LogP contribution in [0.3, 0.4) is 0 Å². The monoisotopic (exact) mass is 380 g/mol. The molecule has 1 unspecified atom stereocenters. The minimum Gasteiger partial charge on any atom is -0.334 e. The molecule has 1 aliphatic carbocycles. The Morgan fingerprint density at radius 1 is 1.22 bits per heavy atom. The Morgan fingerprint density at radius 2 is 2.15 bits per heavy atom. The van der Waals surface area contributed by atoms with Crippen LogP contribution >= 0.6 is 11.3 Å². The Bertz CT molecular complexity index is 1090. The number of carbonyl (C=O) groups excluding carboxylic acids is 1. The first-order chi connectivity index (χ1) is 13.2. The molecule has 27 heavy (non-hydrogen) atoms. The van der Waals surface area contributed by atoms with Gasteiger partial charge in [0.2, 0.25) is 0 Å². The number of hydrogen-bond acceptors (Lipinski definition) is 5. The molecule has 1 aliphatic heterocycles. The summed E-state index contributed by atoms with van der Waals surface area (Å²) in [5.41, 5.74) is 5.48. The van der Waals surface area contributed by atoms with E-state index in [1.165, 1.54) is 0 Å². The predicted octanol–water partition coefficient (Wildman–Crippen LogP) is 2.65. The predicted molar refractivity (Wildman–Crippen MR) is 104 cm³/mol. The zero-order chi connectivity index (χ0) is 18.4. The van der Waals surface area contributed by atoms with Gasteiger partial charge in [0.15, 0.2) is 0 Å². The highest BCUT2D eigenvalue weighted by molar-refractivity contribution is 7.16. The molecule has 138 valence electrons. The number of likely N-dealkylation sites (tertiary alicyclic amines) is 1. The summed E-state index contributed by atoms with van der Waals surface area (Å²) >= 11 is 1.54. The van der Waals surface area contributed by atoms with E-state index in [0.717, 1.165) is 60.1 Å². The summed E-state index contributed by atoms with van der Waals surface area (Å²) < 4.78 is 2.58. The van der Waals surface area contributed by atoms with Gasteiger partial charge < -0.3 is 4.90 Å². The molecule has 0 saturated carbocycles. The lowest BCUT2D eigenvalue weighted by molar-refractivity contribution is 0.0720. The molecule has 1 aromatic carbocycles. The van der Waals surface area contributed by atoms with Gasteiger partial charge in [-0.2, -0.15) is 5.10 Å². The van der Waals surface area contributed by atoms with Crippen molar-refractivity contribution >= 4 is 27.5 Å². The second-order valence-electron chi connectivity index (χ2n) is 7.32. The maximum atomic E-state index is 13.1. The molecular formula is C20H20N4O2S. The molecule has 0 bridgehead atoms. The van der Waals surface area contributed by atoms with Gasteiger partial charge in [-0.25, -0.2) is 9.67 Å². The third kappa shape index (κ3) is 2.96. The molecule has 1 saturated heterocycles. The van der Waals surface area contributed by atoms with Crippen LogP contribution in [0.2, 0.25) is 0 Å². The van der Waals surface area contributed by atoms with Crippen LogP contribution in [0.1, 0.15) is 40.9 Å². The summed E-state index contributed by atoms with van der Waals surface area (Å²) in [5.74, 6) is 0.0296. The minimum absolute atomic E-state index is 0.0133. The fraction of sp³-hybridized carbons (Fsp3) is 0.400. The van der Waals surface area contributed by atoms with E-state index in [-0.39, 0.29) is 17.5 Å². The van der Waals surface area contributed by atoms with E-state index in [4.69, 9.17) is 0 Å². The van der Waals surface area contributed by atoms with Crippen LogP contribution in [0, 0.1) is 0 Å². The van der Waals surface area contributed by atoms with Gasteiger partial charge in [-0.05, 0) is 55.9 Å². The van der Waals surface area contributed by atoms with Crippen molar-refractivity contribution in [3.8, 4) is 0 Å². The van der Waals surface area contributed by atoms with Gasteiger partial charge in [0, 0.05) is 18.2 Å². The Balaban J connectivity index is 1.40. The van der Waals surface area contributed by atoms with Gasteiger partial charge in [0.25, 0.3) is 11.5 Å². The number of amides is 1. The quantitative estimate of drug-likeness (QED) is 0.701. The molecule has 3 aromatic rings. The molecule has 1 fully saturated rings. The van der Waals surface area contributed by atoms with E-state index in [0.29, 0.717) is 12.1 Å². The number of aryl methyl sites for hydroxylation is 2. The van der Waals surface area contributed by atoms with Crippen molar-refractivity contribution in [2.24, 2.45) is 0 Å². The van der Waals surface area contributed by atoms with Crippen LogP contribution in [-0.2, 0) is 19.4 Å². The molecule has 5 rings (SSSR count). The normalized spacial score (nSPS) is 19.0. The van der Waals surface area contributed by atoms with Crippen molar-refractivity contribution in [2.75, 3.05) is 6.54 Å². The van der Waals surface area contributed by atoms with E-state index in [9.17, 15) is 9.59 Å². The molecule has 3 heterocycles. The van der Waals surface area contributed by atoms with Gasteiger partial charge in [0.1, 0.15) is 0 Å². The lowest BCUT2D eigenvalue weighted by Crippen LogP contribution is -2.40. The third-order valence-electron chi connectivity index (χ3n) is 5.62. The van der Waals surface area contributed by atoms with E-state index < -0.39 is 0 Å². The lowest BCUT2D eigenvalue weighted by Gasteiger charge is -2.25. The molecule has 1 amide bonds. The first kappa shape index (κ1) is 16.6. The number of rotatable bonds is 3. The van der Waals surface area contributed by atoms with Crippen molar-refractivity contribution in [3.63, 3.8) is 0 Å². The van der Waals surface area contributed by atoms with E-state index in [1.807, 2.05) is 23.1 Å².